The number of nitrogens with one attached hydrogen (secondary N) is 1. The van der Waals surface area contributed by atoms with Gasteiger partial charge in [0, 0.05) is 29.4 Å². The molecule has 0 unspecified atom stereocenters. The van der Waals surface area contributed by atoms with Crippen LogP contribution in [0.1, 0.15) is 38.2 Å². The normalized spacial score (nSPS) is 11.9. The number of aromatic nitrogens is 2. The molecular weight excluding hydrogens is 257 g/mol. The van der Waals surface area contributed by atoms with Gasteiger partial charge in [0.1, 0.15) is 11.6 Å². The average molecular weight is 276 g/mol. The van der Waals surface area contributed by atoms with Gasteiger partial charge in [0.25, 0.3) is 0 Å². The summed E-state index contributed by atoms with van der Waals surface area (Å²) in [5.41, 5.74) is 0.593. The Morgan fingerprint density at radius 2 is 1.88 bits per heavy atom. The highest BCUT2D eigenvalue weighted by atomic mass is 35.5. The molecule has 0 aliphatic carbocycles. The molecule has 1 N–H and O–H groups in total. The van der Waals surface area contributed by atoms with Gasteiger partial charge in [-0.25, -0.2) is 9.97 Å². The molecule has 0 atom stereocenters. The average Bonchev–Trinajstić information content (AvgIpc) is 2.28. The van der Waals surface area contributed by atoms with Crippen molar-refractivity contribution >= 4 is 29.0 Å². The SMILES string of the molecule is Cc1cc(NC(C)(CCl)CCl)nc(C(C)C)n1. The van der Waals surface area contributed by atoms with E-state index in [0.29, 0.717) is 17.7 Å². The molecule has 1 heterocycles. The van der Waals surface area contributed by atoms with Crippen molar-refractivity contribution in [2.45, 2.75) is 39.2 Å². The summed E-state index contributed by atoms with van der Waals surface area (Å²) in [6.07, 6.45) is 0. The standard InChI is InChI=1S/C12H19Cl2N3/c1-8(2)11-15-9(3)5-10(16-11)17-12(4,6-13)7-14/h5,8H,6-7H2,1-4H3,(H,15,16,17). The Morgan fingerprint density at radius 1 is 1.29 bits per heavy atom. The minimum atomic E-state index is -0.349. The first-order chi connectivity index (χ1) is 7.90. The molecule has 17 heavy (non-hydrogen) atoms. The second-order valence-electron chi connectivity index (χ2n) is 4.86. The number of anilines is 1. The van der Waals surface area contributed by atoms with Crippen LogP contribution in [0, 0.1) is 6.92 Å². The van der Waals surface area contributed by atoms with Crippen LogP contribution in [0.15, 0.2) is 6.07 Å². The van der Waals surface area contributed by atoms with Gasteiger partial charge >= 0.3 is 0 Å². The van der Waals surface area contributed by atoms with Gasteiger partial charge in [0.05, 0.1) is 5.54 Å². The van der Waals surface area contributed by atoms with E-state index in [-0.39, 0.29) is 5.54 Å². The van der Waals surface area contributed by atoms with Gasteiger partial charge in [-0.3, -0.25) is 0 Å². The minimum absolute atomic E-state index is 0.300. The van der Waals surface area contributed by atoms with Gasteiger partial charge < -0.3 is 5.32 Å². The van der Waals surface area contributed by atoms with Crippen LogP contribution in [0.3, 0.4) is 0 Å². The van der Waals surface area contributed by atoms with Crippen LogP contribution in [0.25, 0.3) is 0 Å². The van der Waals surface area contributed by atoms with E-state index in [9.17, 15) is 0 Å². The second-order valence-corrected chi connectivity index (χ2v) is 5.39. The monoisotopic (exact) mass is 275 g/mol. The molecule has 5 heteroatoms. The van der Waals surface area contributed by atoms with E-state index in [0.717, 1.165) is 17.3 Å². The number of hydrogen-bond acceptors (Lipinski definition) is 3. The molecule has 3 nitrogen and oxygen atoms in total. The molecule has 0 fully saturated rings. The van der Waals surface area contributed by atoms with E-state index < -0.39 is 0 Å². The number of alkyl halides is 2. The van der Waals surface area contributed by atoms with Gasteiger partial charge in [-0.15, -0.1) is 23.2 Å². The summed E-state index contributed by atoms with van der Waals surface area (Å²) in [5, 5.41) is 3.28. The van der Waals surface area contributed by atoms with Crippen LogP contribution >= 0.6 is 23.2 Å². The third kappa shape index (κ3) is 4.00. The summed E-state index contributed by atoms with van der Waals surface area (Å²) >= 11 is 11.8. The summed E-state index contributed by atoms with van der Waals surface area (Å²) in [4.78, 5) is 8.87. The molecule has 96 valence electrons. The molecular formula is C12H19Cl2N3. The Kier molecular flexibility index (Phi) is 5.02. The van der Waals surface area contributed by atoms with Crippen molar-refractivity contribution in [2.75, 3.05) is 17.1 Å². The first kappa shape index (κ1) is 14.5. The summed E-state index contributed by atoms with van der Waals surface area (Å²) in [7, 11) is 0. The Balaban J connectivity index is 2.98. The van der Waals surface area contributed by atoms with E-state index >= 15 is 0 Å². The Bertz CT molecular complexity index is 376. The molecule has 0 saturated carbocycles. The van der Waals surface area contributed by atoms with Crippen molar-refractivity contribution in [3.8, 4) is 0 Å². The van der Waals surface area contributed by atoms with E-state index in [1.165, 1.54) is 0 Å². The Labute approximate surface area is 113 Å². The van der Waals surface area contributed by atoms with Crippen molar-refractivity contribution < 1.29 is 0 Å². The molecule has 0 saturated heterocycles. The highest BCUT2D eigenvalue weighted by Crippen LogP contribution is 2.19. The summed E-state index contributed by atoms with van der Waals surface area (Å²) in [6, 6.07) is 1.91. The van der Waals surface area contributed by atoms with Crippen LogP contribution in [-0.4, -0.2) is 27.3 Å². The van der Waals surface area contributed by atoms with Crippen LogP contribution in [0.4, 0.5) is 5.82 Å². The lowest BCUT2D eigenvalue weighted by molar-refractivity contribution is 0.641. The lowest BCUT2D eigenvalue weighted by Crippen LogP contribution is -2.39. The zero-order chi connectivity index (χ0) is 13.1. The molecule has 1 aromatic rings. The van der Waals surface area contributed by atoms with Crippen LogP contribution < -0.4 is 5.32 Å². The lowest BCUT2D eigenvalue weighted by atomic mass is 10.1. The first-order valence-corrected chi connectivity index (χ1v) is 6.73. The second kappa shape index (κ2) is 5.87. The molecule has 0 aliphatic rings. The molecule has 0 aromatic carbocycles. The van der Waals surface area contributed by atoms with Gasteiger partial charge in [-0.05, 0) is 13.8 Å². The molecule has 1 aromatic heterocycles. The van der Waals surface area contributed by atoms with Gasteiger partial charge in [0.2, 0.25) is 0 Å². The van der Waals surface area contributed by atoms with Crippen LogP contribution in [-0.2, 0) is 0 Å². The van der Waals surface area contributed by atoms with Crippen molar-refractivity contribution in [3.05, 3.63) is 17.6 Å². The summed E-state index contributed by atoms with van der Waals surface area (Å²) in [5.74, 6) is 2.77. The maximum atomic E-state index is 5.91. The Hall–Kier alpha value is -0.540. The predicted octanol–water partition coefficient (Wildman–Crippen LogP) is 3.56. The van der Waals surface area contributed by atoms with Crippen LogP contribution in [0.5, 0.6) is 0 Å². The maximum absolute atomic E-state index is 5.91. The van der Waals surface area contributed by atoms with Crippen molar-refractivity contribution in [3.63, 3.8) is 0 Å². The van der Waals surface area contributed by atoms with Gasteiger partial charge in [-0.1, -0.05) is 13.8 Å². The van der Waals surface area contributed by atoms with Crippen LogP contribution in [0.2, 0.25) is 0 Å². The summed E-state index contributed by atoms with van der Waals surface area (Å²) < 4.78 is 0. The topological polar surface area (TPSA) is 37.8 Å². The maximum Gasteiger partial charge on any atom is 0.133 e. The minimum Gasteiger partial charge on any atom is -0.362 e. The van der Waals surface area contributed by atoms with E-state index in [2.05, 4.69) is 29.1 Å². The smallest absolute Gasteiger partial charge is 0.133 e. The van der Waals surface area contributed by atoms with Crippen molar-refractivity contribution in [1.29, 1.82) is 0 Å². The molecule has 0 bridgehead atoms. The highest BCUT2D eigenvalue weighted by molar-refractivity contribution is 6.22. The summed E-state index contributed by atoms with van der Waals surface area (Å²) in [6.45, 7) is 8.07. The first-order valence-electron chi connectivity index (χ1n) is 5.66. The Morgan fingerprint density at radius 3 is 2.35 bits per heavy atom. The van der Waals surface area contributed by atoms with E-state index in [4.69, 9.17) is 23.2 Å². The fourth-order valence-corrected chi connectivity index (χ4v) is 1.74. The van der Waals surface area contributed by atoms with Gasteiger partial charge in [0.15, 0.2) is 0 Å². The van der Waals surface area contributed by atoms with E-state index in [1.54, 1.807) is 0 Å². The largest absolute Gasteiger partial charge is 0.362 e. The third-order valence-corrected chi connectivity index (χ3v) is 3.59. The molecule has 0 aliphatic heterocycles. The lowest BCUT2D eigenvalue weighted by Gasteiger charge is -2.27. The number of rotatable bonds is 5. The fraction of sp³-hybridized carbons (Fsp3) is 0.667. The quantitative estimate of drug-likeness (QED) is 0.836. The van der Waals surface area contributed by atoms with Crippen molar-refractivity contribution in [2.24, 2.45) is 0 Å². The predicted molar refractivity (Wildman–Crippen MR) is 74.3 cm³/mol. The molecule has 0 radical (unpaired) electrons. The number of hydrogen-bond donors (Lipinski definition) is 1. The number of nitrogens with zero attached hydrogens (tertiary/aromatic N) is 2. The highest BCUT2D eigenvalue weighted by Gasteiger charge is 2.22. The van der Waals surface area contributed by atoms with Gasteiger partial charge in [-0.2, -0.15) is 0 Å². The zero-order valence-electron chi connectivity index (χ0n) is 10.7. The molecule has 1 rings (SSSR count). The molecule has 0 amide bonds. The zero-order valence-corrected chi connectivity index (χ0v) is 12.2. The van der Waals surface area contributed by atoms with E-state index in [1.807, 2.05) is 19.9 Å². The number of aryl methyl sites for hydroxylation is 1. The fourth-order valence-electron chi connectivity index (χ4n) is 1.33. The van der Waals surface area contributed by atoms with Crippen molar-refractivity contribution in [1.82, 2.24) is 9.97 Å². The molecule has 0 spiro atoms. The number of halogens is 2. The third-order valence-electron chi connectivity index (χ3n) is 2.41.